The van der Waals surface area contributed by atoms with Gasteiger partial charge in [0, 0.05) is 56.9 Å². The number of carbonyl (C=O) groups excluding carboxylic acids is 2. The summed E-state index contributed by atoms with van der Waals surface area (Å²) in [5.74, 6) is 1.48. The molecule has 196 valence electrons. The number of hydrogen-bond donors (Lipinski definition) is 2. The van der Waals surface area contributed by atoms with Crippen LogP contribution in [0.3, 0.4) is 0 Å². The van der Waals surface area contributed by atoms with E-state index in [-0.39, 0.29) is 18.3 Å². The van der Waals surface area contributed by atoms with Crippen molar-refractivity contribution in [2.45, 2.75) is 6.92 Å². The highest BCUT2D eigenvalue weighted by Gasteiger charge is 2.22. The second kappa shape index (κ2) is 12.5. The Bertz CT molecular complexity index is 1320. The summed E-state index contributed by atoms with van der Waals surface area (Å²) in [6.45, 7) is 4.29. The van der Waals surface area contributed by atoms with Gasteiger partial charge in [-0.15, -0.1) is 0 Å². The van der Waals surface area contributed by atoms with E-state index in [1.165, 1.54) is 0 Å². The third-order valence-corrected chi connectivity index (χ3v) is 6.26. The molecule has 1 aromatic heterocycles. The molecule has 2 heterocycles. The molecular formula is C28H30N6O4. The van der Waals surface area contributed by atoms with Gasteiger partial charge in [0.05, 0.1) is 11.9 Å². The lowest BCUT2D eigenvalue weighted by Crippen LogP contribution is -2.50. The van der Waals surface area contributed by atoms with Gasteiger partial charge in [0.2, 0.25) is 6.41 Å². The first-order valence-corrected chi connectivity index (χ1v) is 12.2. The summed E-state index contributed by atoms with van der Waals surface area (Å²) in [4.78, 5) is 40.6. The normalized spacial score (nSPS) is 14.3. The van der Waals surface area contributed by atoms with Gasteiger partial charge in [-0.05, 0) is 66.6 Å². The molecule has 2 amide bonds. The number of phenolic OH excluding ortho intramolecular Hbond substituents is 1. The van der Waals surface area contributed by atoms with Crippen LogP contribution in [0.4, 0.5) is 5.82 Å². The number of hydrogen-bond acceptors (Lipinski definition) is 8. The Kier molecular flexibility index (Phi) is 8.65. The number of anilines is 1. The maximum Gasteiger partial charge on any atom is 0.260 e. The zero-order chi connectivity index (χ0) is 26.9. The molecule has 0 saturated carbocycles. The van der Waals surface area contributed by atoms with E-state index < -0.39 is 0 Å². The van der Waals surface area contributed by atoms with E-state index in [0.29, 0.717) is 49.7 Å². The number of aromatic hydroxyl groups is 1. The van der Waals surface area contributed by atoms with Gasteiger partial charge in [0.15, 0.2) is 6.61 Å². The number of aryl methyl sites for hydroxylation is 1. The predicted molar refractivity (Wildman–Crippen MR) is 145 cm³/mol. The van der Waals surface area contributed by atoms with Crippen LogP contribution in [0.1, 0.15) is 16.7 Å². The van der Waals surface area contributed by atoms with Crippen molar-refractivity contribution in [3.8, 4) is 11.5 Å². The zero-order valence-corrected chi connectivity index (χ0v) is 21.4. The molecule has 0 unspecified atom stereocenters. The van der Waals surface area contributed by atoms with E-state index in [0.717, 1.165) is 22.5 Å². The highest BCUT2D eigenvalue weighted by molar-refractivity contribution is 6.12. The van der Waals surface area contributed by atoms with Crippen molar-refractivity contribution < 1.29 is 19.4 Å². The second-order valence-corrected chi connectivity index (χ2v) is 8.67. The Labute approximate surface area is 221 Å². The lowest BCUT2D eigenvalue weighted by Gasteiger charge is -2.35. The molecule has 1 saturated heterocycles. The highest BCUT2D eigenvalue weighted by Crippen LogP contribution is 2.21. The van der Waals surface area contributed by atoms with Gasteiger partial charge in [-0.3, -0.25) is 19.6 Å². The first-order chi connectivity index (χ1) is 18.5. The van der Waals surface area contributed by atoms with E-state index in [4.69, 9.17) is 4.74 Å². The minimum absolute atomic E-state index is 0.0629. The van der Waals surface area contributed by atoms with E-state index in [9.17, 15) is 14.7 Å². The second-order valence-electron chi connectivity index (χ2n) is 8.67. The molecule has 2 aromatic carbocycles. The van der Waals surface area contributed by atoms with Crippen molar-refractivity contribution in [1.29, 1.82) is 0 Å². The molecule has 0 atom stereocenters. The molecule has 1 aliphatic heterocycles. The van der Waals surface area contributed by atoms with Crippen molar-refractivity contribution in [1.82, 2.24) is 20.2 Å². The van der Waals surface area contributed by atoms with Crippen LogP contribution in [0, 0.1) is 6.92 Å². The maximum absolute atomic E-state index is 12.7. The van der Waals surface area contributed by atoms with E-state index >= 15 is 0 Å². The van der Waals surface area contributed by atoms with Crippen LogP contribution in [0.2, 0.25) is 0 Å². The topological polar surface area (TPSA) is 120 Å². The molecule has 38 heavy (non-hydrogen) atoms. The van der Waals surface area contributed by atoms with Crippen molar-refractivity contribution in [2.24, 2.45) is 4.99 Å². The summed E-state index contributed by atoms with van der Waals surface area (Å²) >= 11 is 0. The van der Waals surface area contributed by atoms with Gasteiger partial charge in [-0.1, -0.05) is 0 Å². The molecule has 4 rings (SSSR count). The minimum Gasteiger partial charge on any atom is -0.508 e. The fourth-order valence-electron chi connectivity index (χ4n) is 4.11. The van der Waals surface area contributed by atoms with E-state index in [2.05, 4.69) is 25.2 Å². The Morgan fingerprint density at radius 3 is 2.47 bits per heavy atom. The largest absolute Gasteiger partial charge is 0.508 e. The van der Waals surface area contributed by atoms with Crippen LogP contribution >= 0.6 is 0 Å². The summed E-state index contributed by atoms with van der Waals surface area (Å²) in [7, 11) is 1.66. The van der Waals surface area contributed by atoms with Gasteiger partial charge < -0.3 is 25.0 Å². The number of carbonyl (C=O) groups is 2. The number of ether oxygens (including phenoxy) is 1. The third-order valence-electron chi connectivity index (χ3n) is 6.26. The molecule has 10 heteroatoms. The quantitative estimate of drug-likeness (QED) is 0.332. The molecule has 2 N–H and O–H groups in total. The minimum atomic E-state index is -0.0796. The monoisotopic (exact) mass is 514 g/mol. The Balaban J connectivity index is 1.36. The molecule has 3 aromatic rings. The predicted octanol–water partition coefficient (Wildman–Crippen LogP) is 2.42. The maximum atomic E-state index is 12.7. The zero-order valence-electron chi connectivity index (χ0n) is 21.4. The molecule has 1 aliphatic rings. The van der Waals surface area contributed by atoms with Crippen LogP contribution in [-0.4, -0.2) is 77.8 Å². The molecule has 0 radical (unpaired) electrons. The first kappa shape index (κ1) is 26.3. The Morgan fingerprint density at radius 1 is 1.11 bits per heavy atom. The van der Waals surface area contributed by atoms with Crippen LogP contribution in [0.25, 0.3) is 5.70 Å². The number of benzene rings is 2. The van der Waals surface area contributed by atoms with Gasteiger partial charge in [0.25, 0.3) is 5.91 Å². The first-order valence-electron chi connectivity index (χ1n) is 12.2. The molecule has 1 fully saturated rings. The van der Waals surface area contributed by atoms with Crippen LogP contribution in [0.15, 0.2) is 72.1 Å². The molecular weight excluding hydrogens is 484 g/mol. The van der Waals surface area contributed by atoms with Gasteiger partial charge in [-0.25, -0.2) is 4.98 Å². The highest BCUT2D eigenvalue weighted by atomic mass is 16.5. The molecule has 10 nitrogen and oxygen atoms in total. The van der Waals surface area contributed by atoms with Crippen LogP contribution in [-0.2, 0) is 9.59 Å². The Hall–Kier alpha value is -4.73. The lowest BCUT2D eigenvalue weighted by molar-refractivity contribution is -0.133. The summed E-state index contributed by atoms with van der Waals surface area (Å²) in [5, 5.41) is 12.5. The Morgan fingerprint density at radius 2 is 1.84 bits per heavy atom. The average Bonchev–Trinajstić information content (AvgIpc) is 2.96. The van der Waals surface area contributed by atoms with Gasteiger partial charge in [0.1, 0.15) is 17.3 Å². The molecule has 0 bridgehead atoms. The summed E-state index contributed by atoms with van der Waals surface area (Å²) in [6, 6.07) is 12.3. The number of aliphatic imine (C=N–C) groups is 1. The summed E-state index contributed by atoms with van der Waals surface area (Å²) in [6.07, 6.45) is 7.39. The number of nitrogens with one attached hydrogen (secondary N) is 1. The number of piperazine rings is 1. The number of aromatic nitrogens is 2. The lowest BCUT2D eigenvalue weighted by atomic mass is 10.0. The van der Waals surface area contributed by atoms with Crippen LogP contribution in [0.5, 0.6) is 11.5 Å². The number of nitrogens with zero attached hydrogens (tertiary/aromatic N) is 5. The number of allylic oxidation sites excluding steroid dienone is 1. The fourth-order valence-corrected chi connectivity index (χ4v) is 4.11. The number of phenols is 1. The van der Waals surface area contributed by atoms with Gasteiger partial charge in [-0.2, -0.15) is 0 Å². The smallest absolute Gasteiger partial charge is 0.260 e. The standard InChI is InChI=1S/C28H30N6O4/c1-20-15-22(5-8-26(20)36)24(29-2)16-25(32-19-35)21-3-6-23(7-4-21)38-18-28(37)34-13-11-33(12-14-34)27-17-30-9-10-31-27/h3-10,15-17,19,36H,11-14,18H2,1-2H3,(H,32,35)/b25-16-,29-24?. The van der Waals surface area contributed by atoms with E-state index in [1.807, 2.05) is 13.0 Å². The SMILES string of the molecule is CN=C(/C=C(\NC=O)c1ccc(OCC(=O)N2CCN(c3cnccn3)CC2)cc1)c1ccc(O)c(C)c1. The van der Waals surface area contributed by atoms with Gasteiger partial charge >= 0.3 is 0 Å². The third kappa shape index (κ3) is 6.52. The van der Waals surface area contributed by atoms with Crippen molar-refractivity contribution >= 4 is 29.5 Å². The number of amides is 2. The van der Waals surface area contributed by atoms with E-state index in [1.54, 1.807) is 73.0 Å². The average molecular weight is 515 g/mol. The number of rotatable bonds is 9. The van der Waals surface area contributed by atoms with Crippen molar-refractivity contribution in [3.05, 3.63) is 83.8 Å². The molecule has 0 spiro atoms. The summed E-state index contributed by atoms with van der Waals surface area (Å²) in [5.41, 5.74) is 3.47. The molecule has 0 aliphatic carbocycles. The van der Waals surface area contributed by atoms with Crippen molar-refractivity contribution in [2.75, 3.05) is 44.7 Å². The van der Waals surface area contributed by atoms with Crippen molar-refractivity contribution in [3.63, 3.8) is 0 Å². The van der Waals surface area contributed by atoms with Crippen LogP contribution < -0.4 is 15.0 Å². The summed E-state index contributed by atoms with van der Waals surface area (Å²) < 4.78 is 5.74. The fraction of sp³-hybridized carbons (Fsp3) is 0.250.